The molecule has 1 aliphatic rings. The maximum absolute atomic E-state index is 14.5. The molecule has 2 rings (SSSR count). The van der Waals surface area contributed by atoms with Crippen LogP contribution < -0.4 is 87.2 Å². The first kappa shape index (κ1) is 74.2. The van der Waals surface area contributed by atoms with Crippen LogP contribution in [-0.4, -0.2) is 187 Å². The van der Waals surface area contributed by atoms with Crippen LogP contribution in [-0.2, 0) is 59.2 Å². The van der Waals surface area contributed by atoms with Gasteiger partial charge in [-0.3, -0.25) is 52.7 Å². The summed E-state index contributed by atoms with van der Waals surface area (Å²) < 4.78 is 0. The summed E-state index contributed by atoms with van der Waals surface area (Å²) in [7, 11) is 0. The summed E-state index contributed by atoms with van der Waals surface area (Å²) in [5.41, 5.74) is 29.9. The minimum Gasteiger partial charge on any atom is -0.391 e. The summed E-state index contributed by atoms with van der Waals surface area (Å²) in [6, 6.07) is -6.22. The van der Waals surface area contributed by atoms with Gasteiger partial charge in [-0.25, -0.2) is 0 Å². The molecule has 12 atom stereocenters. The van der Waals surface area contributed by atoms with Crippen LogP contribution in [0.4, 0.5) is 0 Å². The zero-order chi connectivity index (χ0) is 63.6. The number of hydrogen-bond acceptors (Lipinski definition) is 18. The number of amides is 11. The van der Waals surface area contributed by atoms with E-state index in [1.165, 1.54) is 13.8 Å². The van der Waals surface area contributed by atoms with Gasteiger partial charge in [0.05, 0.1) is 12.2 Å². The fourth-order valence-corrected chi connectivity index (χ4v) is 9.20. The highest BCUT2D eigenvalue weighted by molar-refractivity contribution is 5.99. The largest absolute Gasteiger partial charge is 0.391 e. The van der Waals surface area contributed by atoms with Crippen molar-refractivity contribution >= 4 is 65.0 Å². The van der Waals surface area contributed by atoms with Crippen molar-refractivity contribution in [2.24, 2.45) is 34.6 Å². The first-order chi connectivity index (χ1) is 40.4. The molecule has 23 N–H and O–H groups in total. The Kier molecular flexibility index (Phi) is 35.3. The predicted molar refractivity (Wildman–Crippen MR) is 316 cm³/mol. The van der Waals surface area contributed by atoms with Crippen molar-refractivity contribution in [3.8, 4) is 0 Å². The Bertz CT molecular complexity index is 2300. The van der Waals surface area contributed by atoms with Gasteiger partial charge in [-0.05, 0) is 109 Å². The Labute approximate surface area is 498 Å². The molecule has 0 saturated carbocycles. The van der Waals surface area contributed by atoms with Crippen molar-refractivity contribution in [2.75, 3.05) is 39.3 Å². The predicted octanol–water partition coefficient (Wildman–Crippen LogP) is -5.10. The molecule has 1 saturated heterocycles. The second-order valence-corrected chi connectivity index (χ2v) is 21.8. The van der Waals surface area contributed by atoms with Crippen LogP contribution in [0.1, 0.15) is 130 Å². The molecule has 0 bridgehead atoms. The van der Waals surface area contributed by atoms with Crippen LogP contribution >= 0.6 is 0 Å². The molecule has 480 valence electrons. The second-order valence-electron chi connectivity index (χ2n) is 21.8. The minimum atomic E-state index is -1.70. The third kappa shape index (κ3) is 27.4. The van der Waals surface area contributed by atoms with E-state index in [1.54, 1.807) is 44.2 Å². The van der Waals surface area contributed by atoms with Gasteiger partial charge < -0.3 is 97.4 Å². The Hall–Kier alpha value is -6.89. The van der Waals surface area contributed by atoms with Gasteiger partial charge in [-0.2, -0.15) is 0 Å². The maximum Gasteiger partial charge on any atom is 0.245 e. The number of rotatable bonds is 30. The Morgan fingerprint density at radius 2 is 1.04 bits per heavy atom. The zero-order valence-electron chi connectivity index (χ0n) is 50.0. The van der Waals surface area contributed by atoms with Crippen LogP contribution in [0.15, 0.2) is 30.3 Å². The van der Waals surface area contributed by atoms with Crippen LogP contribution in [0.25, 0.3) is 0 Å². The van der Waals surface area contributed by atoms with E-state index in [4.69, 9.17) is 28.7 Å². The van der Waals surface area contributed by atoms with Crippen molar-refractivity contribution in [1.82, 2.24) is 58.5 Å². The summed E-state index contributed by atoms with van der Waals surface area (Å²) in [5, 5.41) is 49.7. The smallest absolute Gasteiger partial charge is 0.245 e. The first-order valence-electron chi connectivity index (χ1n) is 29.7. The highest BCUT2D eigenvalue weighted by Gasteiger charge is 2.37. The van der Waals surface area contributed by atoms with Gasteiger partial charge in [0, 0.05) is 19.4 Å². The maximum atomic E-state index is 14.5. The van der Waals surface area contributed by atoms with Crippen molar-refractivity contribution < 1.29 is 63.0 Å². The van der Waals surface area contributed by atoms with Crippen molar-refractivity contribution in [1.29, 1.82) is 0 Å². The second kappa shape index (κ2) is 40.4. The van der Waals surface area contributed by atoms with Crippen molar-refractivity contribution in [3.63, 3.8) is 0 Å². The monoisotopic (exact) mass is 1200 g/mol. The van der Waals surface area contributed by atoms with Gasteiger partial charge in [0.2, 0.25) is 65.0 Å². The number of nitrogens with two attached hydrogens (primary N) is 5. The molecule has 0 aliphatic carbocycles. The molecule has 3 unspecified atom stereocenters. The van der Waals surface area contributed by atoms with E-state index < -0.39 is 151 Å². The average Bonchev–Trinajstić information content (AvgIpc) is 3.66. The number of nitrogens with one attached hydrogen (secondary N) is 11. The van der Waals surface area contributed by atoms with E-state index in [0.717, 1.165) is 32.1 Å². The summed E-state index contributed by atoms with van der Waals surface area (Å²) in [6.45, 7) is 6.91. The summed E-state index contributed by atoms with van der Waals surface area (Å²) >= 11 is 0. The quantitative estimate of drug-likeness (QED) is 0.0321. The lowest BCUT2D eigenvalue weighted by Crippen LogP contribution is -2.62. The average molecular weight is 1200 g/mol. The molecule has 1 aromatic rings. The fraction of sp³-hybridized carbons (Fsp3) is 0.696. The van der Waals surface area contributed by atoms with Gasteiger partial charge in [0.25, 0.3) is 0 Å². The molecule has 29 heteroatoms. The normalized spacial score (nSPS) is 22.5. The number of unbranched alkanes of at least 4 members (excludes halogenated alkanes) is 5. The van der Waals surface area contributed by atoms with E-state index in [2.05, 4.69) is 65.4 Å². The van der Waals surface area contributed by atoms with Gasteiger partial charge in [0.1, 0.15) is 60.4 Å². The molecule has 85 heavy (non-hydrogen) atoms. The summed E-state index contributed by atoms with van der Waals surface area (Å²) in [4.78, 5) is 154. The molecule has 11 amide bonds. The standard InChI is InChI=1S/C56H98N16O13/c1-6-7-8-9-10-14-17-44(75)63-36(18-24-57)51(80)72-46(34(5)74)56(85)68-39(21-27-60)48(77)67-41-23-29-62-55(84)45(33(4)73)71-52(81)40(22-28-61)65-47(76)37(19-25-58)66-53(82)42(30-32(2)3)69-54(83)43(31-35-15-12-11-13-16-35)70-49(78)38(20-26-59)64-50(41)79/h11-13,15-16,32-34,36-43,45-46,73-74H,6-10,14,17-31,57-61H2,1-5H3,(H,62,84)(H,63,75)(H,64,79)(H,65,76)(H,66,82)(H,67,77)(H,68,85)(H,69,83)(H,70,78)(H,71,81)(H,72,80)/t33-,34-,36+,37+,38?,39+,40+,41?,42+,43-,45?,46+/m1/s1. The molecule has 0 radical (unpaired) electrons. The van der Waals surface area contributed by atoms with Crippen LogP contribution in [0, 0.1) is 5.92 Å². The lowest BCUT2D eigenvalue weighted by molar-refractivity contribution is -0.137. The van der Waals surface area contributed by atoms with Gasteiger partial charge in [-0.15, -0.1) is 0 Å². The van der Waals surface area contributed by atoms with E-state index in [9.17, 15) is 63.0 Å². The molecule has 1 heterocycles. The number of carbonyl (C=O) groups is 11. The Morgan fingerprint density at radius 1 is 0.553 bits per heavy atom. The molecule has 0 aromatic heterocycles. The number of benzene rings is 1. The molecular formula is C56H98N16O13. The van der Waals surface area contributed by atoms with E-state index in [0.29, 0.717) is 12.0 Å². The summed E-state index contributed by atoms with van der Waals surface area (Å²) in [6.07, 6.45) is 1.21. The van der Waals surface area contributed by atoms with Gasteiger partial charge >= 0.3 is 0 Å². The SMILES string of the molecule is CCCCCCCCC(=O)N[C@@H](CCN)C(=O)N[C@H](C(=O)N[C@@H](CCN)C(=O)NC1CCNC(=O)C([C@@H](C)O)NC(=O)[C@H](CCN)NC(=O)[C@H](CCN)NC(=O)[C@H](CC(C)C)NC(=O)[C@@H](Cc2ccccc2)NC(=O)C(CCN)NC1=O)[C@@H](C)O. The molecular weight excluding hydrogens is 1100 g/mol. The van der Waals surface area contributed by atoms with Crippen LogP contribution in [0.5, 0.6) is 0 Å². The number of aliphatic hydroxyl groups is 2. The van der Waals surface area contributed by atoms with Crippen LogP contribution in [0.3, 0.4) is 0 Å². The van der Waals surface area contributed by atoms with Crippen molar-refractivity contribution in [2.45, 2.75) is 204 Å². The Morgan fingerprint density at radius 3 is 1.55 bits per heavy atom. The summed E-state index contributed by atoms with van der Waals surface area (Å²) in [5.74, 6) is -9.93. The van der Waals surface area contributed by atoms with E-state index in [1.807, 2.05) is 0 Å². The van der Waals surface area contributed by atoms with Crippen LogP contribution in [0.2, 0.25) is 0 Å². The Balaban J connectivity index is 2.67. The third-order valence-corrected chi connectivity index (χ3v) is 14.0. The first-order valence-corrected chi connectivity index (χ1v) is 29.7. The number of aliphatic hydroxyl groups excluding tert-OH is 2. The molecule has 1 fully saturated rings. The number of hydrogen-bond donors (Lipinski definition) is 18. The lowest BCUT2D eigenvalue weighted by Gasteiger charge is -2.29. The molecule has 0 spiro atoms. The van der Waals surface area contributed by atoms with E-state index in [-0.39, 0.29) is 90.0 Å². The minimum absolute atomic E-state index is 0.0137. The van der Waals surface area contributed by atoms with E-state index >= 15 is 0 Å². The van der Waals surface area contributed by atoms with Crippen molar-refractivity contribution in [3.05, 3.63) is 35.9 Å². The number of carbonyl (C=O) groups excluding carboxylic acids is 11. The molecule has 29 nitrogen and oxygen atoms in total. The molecule has 1 aliphatic heterocycles. The molecule has 1 aromatic carbocycles. The highest BCUT2D eigenvalue weighted by Crippen LogP contribution is 2.12. The third-order valence-electron chi connectivity index (χ3n) is 14.0. The highest BCUT2D eigenvalue weighted by atomic mass is 16.3. The van der Waals surface area contributed by atoms with Gasteiger partial charge in [-0.1, -0.05) is 83.2 Å². The van der Waals surface area contributed by atoms with Gasteiger partial charge in [0.15, 0.2) is 0 Å². The fourth-order valence-electron chi connectivity index (χ4n) is 9.20. The lowest BCUT2D eigenvalue weighted by atomic mass is 10.00. The topological polar surface area (TPSA) is 491 Å². The zero-order valence-corrected chi connectivity index (χ0v) is 50.0.